The summed E-state index contributed by atoms with van der Waals surface area (Å²) >= 11 is 1.70. The van der Waals surface area contributed by atoms with Crippen LogP contribution in [-0.4, -0.2) is 23.7 Å². The molecule has 25 heavy (non-hydrogen) atoms. The van der Waals surface area contributed by atoms with E-state index in [-0.39, 0.29) is 11.3 Å². The third-order valence-electron chi connectivity index (χ3n) is 4.52. The van der Waals surface area contributed by atoms with Gasteiger partial charge in [-0.15, -0.1) is 11.8 Å². The van der Waals surface area contributed by atoms with Crippen LogP contribution in [0.2, 0.25) is 0 Å². The number of amides is 1. The lowest BCUT2D eigenvalue weighted by atomic mass is 10.1. The van der Waals surface area contributed by atoms with E-state index >= 15 is 0 Å². The van der Waals surface area contributed by atoms with Crippen LogP contribution in [-0.2, 0) is 11.3 Å². The second-order valence-corrected chi connectivity index (χ2v) is 7.21. The Hall–Kier alpha value is -2.46. The molecule has 0 aromatic heterocycles. The van der Waals surface area contributed by atoms with Gasteiger partial charge in [-0.05, 0) is 40.1 Å². The van der Waals surface area contributed by atoms with Crippen LogP contribution < -0.4 is 4.74 Å². The number of rotatable bonds is 4. The molecule has 126 valence electrons. The van der Waals surface area contributed by atoms with Gasteiger partial charge in [0.2, 0.25) is 5.91 Å². The minimum absolute atomic E-state index is 0.0687. The minimum Gasteiger partial charge on any atom is -0.497 e. The zero-order valence-corrected chi connectivity index (χ0v) is 14.8. The Bertz CT molecular complexity index is 910. The van der Waals surface area contributed by atoms with Gasteiger partial charge in [0.15, 0.2) is 0 Å². The van der Waals surface area contributed by atoms with Gasteiger partial charge in [0.1, 0.15) is 11.1 Å². The maximum absolute atomic E-state index is 12.4. The highest BCUT2D eigenvalue weighted by Gasteiger charge is 2.32. The SMILES string of the molecule is COc1ccc2cc([C@H]3SCC(=O)N3Cc3ccccc3)ccc2c1. The van der Waals surface area contributed by atoms with E-state index in [0.717, 1.165) is 22.1 Å². The second kappa shape index (κ2) is 6.81. The first-order chi connectivity index (χ1) is 12.2. The van der Waals surface area contributed by atoms with Crippen LogP contribution in [0.1, 0.15) is 16.5 Å². The molecule has 0 unspecified atom stereocenters. The Morgan fingerprint density at radius 2 is 1.80 bits per heavy atom. The topological polar surface area (TPSA) is 29.5 Å². The average molecular weight is 349 g/mol. The van der Waals surface area contributed by atoms with E-state index in [9.17, 15) is 4.79 Å². The highest BCUT2D eigenvalue weighted by Crippen LogP contribution is 2.40. The van der Waals surface area contributed by atoms with Crippen molar-refractivity contribution in [3.63, 3.8) is 0 Å². The summed E-state index contributed by atoms with van der Waals surface area (Å²) in [5.41, 5.74) is 2.33. The Balaban J connectivity index is 1.65. The fraction of sp³-hybridized carbons (Fsp3) is 0.190. The zero-order valence-electron chi connectivity index (χ0n) is 14.0. The van der Waals surface area contributed by atoms with Gasteiger partial charge in [-0.2, -0.15) is 0 Å². The van der Waals surface area contributed by atoms with Gasteiger partial charge in [-0.25, -0.2) is 0 Å². The predicted octanol–water partition coefficient (Wildman–Crippen LogP) is 4.62. The normalized spacial score (nSPS) is 17.2. The van der Waals surface area contributed by atoms with Crippen LogP contribution in [0.4, 0.5) is 0 Å². The third-order valence-corrected chi connectivity index (χ3v) is 5.78. The van der Waals surface area contributed by atoms with Crippen LogP contribution in [0.25, 0.3) is 10.8 Å². The molecule has 1 aliphatic rings. The number of ether oxygens (including phenoxy) is 1. The van der Waals surface area contributed by atoms with Gasteiger partial charge < -0.3 is 9.64 Å². The number of fused-ring (bicyclic) bond motifs is 1. The van der Waals surface area contributed by atoms with Crippen LogP contribution >= 0.6 is 11.8 Å². The van der Waals surface area contributed by atoms with E-state index in [4.69, 9.17) is 4.74 Å². The summed E-state index contributed by atoms with van der Waals surface area (Å²) in [6.07, 6.45) is 0. The quantitative estimate of drug-likeness (QED) is 0.688. The first-order valence-corrected chi connectivity index (χ1v) is 9.32. The highest BCUT2D eigenvalue weighted by atomic mass is 32.2. The van der Waals surface area contributed by atoms with Crippen molar-refractivity contribution in [1.29, 1.82) is 0 Å². The molecule has 0 N–H and O–H groups in total. The van der Waals surface area contributed by atoms with Crippen LogP contribution in [0.5, 0.6) is 5.75 Å². The standard InChI is InChI=1S/C21H19NO2S/c1-24-19-10-9-16-11-18(8-7-17(16)12-19)21-22(20(23)14-25-21)13-15-5-3-2-4-6-15/h2-12,21H,13-14H2,1H3/t21-/m1/s1. The lowest BCUT2D eigenvalue weighted by Gasteiger charge is -2.24. The smallest absolute Gasteiger partial charge is 0.234 e. The predicted molar refractivity (Wildman–Crippen MR) is 103 cm³/mol. The summed E-state index contributed by atoms with van der Waals surface area (Å²) < 4.78 is 5.29. The first-order valence-electron chi connectivity index (χ1n) is 8.27. The van der Waals surface area contributed by atoms with Crippen molar-refractivity contribution in [3.8, 4) is 5.75 Å². The van der Waals surface area contributed by atoms with Crippen molar-refractivity contribution in [2.75, 3.05) is 12.9 Å². The zero-order chi connectivity index (χ0) is 17.2. The summed E-state index contributed by atoms with van der Waals surface area (Å²) in [4.78, 5) is 14.4. The summed E-state index contributed by atoms with van der Waals surface area (Å²) in [5.74, 6) is 1.60. The Morgan fingerprint density at radius 1 is 1.04 bits per heavy atom. The molecule has 4 heteroatoms. The van der Waals surface area contributed by atoms with Gasteiger partial charge in [-0.3, -0.25) is 4.79 Å². The van der Waals surface area contributed by atoms with E-state index in [2.05, 4.69) is 36.4 Å². The number of carbonyl (C=O) groups is 1. The van der Waals surface area contributed by atoms with Crippen molar-refractivity contribution in [1.82, 2.24) is 4.90 Å². The molecule has 0 aliphatic carbocycles. The number of hydrogen-bond donors (Lipinski definition) is 0. The molecule has 1 saturated heterocycles. The van der Waals surface area contributed by atoms with Crippen molar-refractivity contribution < 1.29 is 9.53 Å². The molecule has 1 amide bonds. The van der Waals surface area contributed by atoms with Crippen molar-refractivity contribution in [2.45, 2.75) is 11.9 Å². The highest BCUT2D eigenvalue weighted by molar-refractivity contribution is 8.00. The van der Waals surface area contributed by atoms with Gasteiger partial charge >= 0.3 is 0 Å². The van der Waals surface area contributed by atoms with E-state index < -0.39 is 0 Å². The summed E-state index contributed by atoms with van der Waals surface area (Å²) in [5, 5.41) is 2.38. The van der Waals surface area contributed by atoms with E-state index in [1.165, 1.54) is 5.56 Å². The Kier molecular flexibility index (Phi) is 4.36. The number of methoxy groups -OCH3 is 1. The lowest BCUT2D eigenvalue weighted by Crippen LogP contribution is -2.27. The van der Waals surface area contributed by atoms with Crippen molar-refractivity contribution in [2.24, 2.45) is 0 Å². The van der Waals surface area contributed by atoms with E-state index in [1.807, 2.05) is 35.2 Å². The molecule has 0 bridgehead atoms. The second-order valence-electron chi connectivity index (χ2n) is 6.14. The number of nitrogens with zero attached hydrogens (tertiary/aromatic N) is 1. The maximum Gasteiger partial charge on any atom is 0.234 e. The van der Waals surface area contributed by atoms with Gasteiger partial charge in [0.25, 0.3) is 0 Å². The minimum atomic E-state index is 0.0687. The molecule has 3 aromatic rings. The van der Waals surface area contributed by atoms with E-state index in [1.54, 1.807) is 18.9 Å². The van der Waals surface area contributed by atoms with Crippen molar-refractivity contribution >= 4 is 28.4 Å². The Morgan fingerprint density at radius 3 is 2.60 bits per heavy atom. The number of hydrogen-bond acceptors (Lipinski definition) is 3. The molecule has 1 aliphatic heterocycles. The summed E-state index contributed by atoms with van der Waals surface area (Å²) in [6.45, 7) is 0.651. The first kappa shape index (κ1) is 16.0. The molecule has 1 heterocycles. The van der Waals surface area contributed by atoms with Crippen molar-refractivity contribution in [3.05, 3.63) is 77.9 Å². The molecular formula is C21H19NO2S. The van der Waals surface area contributed by atoms with Crippen LogP contribution in [0, 0.1) is 0 Å². The molecule has 1 atom stereocenters. The molecule has 3 aromatic carbocycles. The monoisotopic (exact) mass is 349 g/mol. The Labute approximate surface area is 151 Å². The van der Waals surface area contributed by atoms with E-state index in [0.29, 0.717) is 12.3 Å². The summed E-state index contributed by atoms with van der Waals surface area (Å²) in [6, 6.07) is 22.7. The largest absolute Gasteiger partial charge is 0.497 e. The fourth-order valence-electron chi connectivity index (χ4n) is 3.20. The van der Waals surface area contributed by atoms with Crippen LogP contribution in [0.15, 0.2) is 66.7 Å². The molecular weight excluding hydrogens is 330 g/mol. The third kappa shape index (κ3) is 3.22. The number of carbonyl (C=O) groups excluding carboxylic acids is 1. The molecule has 4 rings (SSSR count). The maximum atomic E-state index is 12.4. The number of benzene rings is 3. The van der Waals surface area contributed by atoms with Gasteiger partial charge in [-0.1, -0.05) is 48.5 Å². The molecule has 1 fully saturated rings. The molecule has 0 spiro atoms. The lowest BCUT2D eigenvalue weighted by molar-refractivity contribution is -0.128. The fourth-order valence-corrected chi connectivity index (χ4v) is 4.38. The number of thioether (sulfide) groups is 1. The van der Waals surface area contributed by atoms with Crippen LogP contribution in [0.3, 0.4) is 0 Å². The average Bonchev–Trinajstić information content (AvgIpc) is 3.02. The molecule has 3 nitrogen and oxygen atoms in total. The molecule has 0 saturated carbocycles. The summed E-state index contributed by atoms with van der Waals surface area (Å²) in [7, 11) is 1.68. The van der Waals surface area contributed by atoms with Gasteiger partial charge in [0.05, 0.1) is 12.9 Å². The van der Waals surface area contributed by atoms with Gasteiger partial charge in [0, 0.05) is 6.54 Å². The molecule has 0 radical (unpaired) electrons.